The van der Waals surface area contributed by atoms with Crippen molar-refractivity contribution in [2.45, 2.75) is 19.4 Å². The van der Waals surface area contributed by atoms with Crippen LogP contribution in [0.15, 0.2) is 42.6 Å². The highest BCUT2D eigenvalue weighted by molar-refractivity contribution is 5.94. The van der Waals surface area contributed by atoms with Crippen LogP contribution < -0.4 is 4.74 Å². The lowest BCUT2D eigenvalue weighted by atomic mass is 10.1. The lowest BCUT2D eigenvalue weighted by Crippen LogP contribution is -2.30. The monoisotopic (exact) mass is 400 g/mol. The van der Waals surface area contributed by atoms with Crippen LogP contribution in [-0.4, -0.2) is 19.3 Å². The molecule has 0 radical (unpaired) electrons. The van der Waals surface area contributed by atoms with Gasteiger partial charge in [0.15, 0.2) is 34.6 Å². The molecule has 29 heavy (non-hydrogen) atoms. The number of hydrogen-bond donors (Lipinski definition) is 0. The van der Waals surface area contributed by atoms with Gasteiger partial charge in [-0.2, -0.15) is 0 Å². The number of rotatable bonds is 4. The van der Waals surface area contributed by atoms with Crippen LogP contribution in [0.3, 0.4) is 0 Å². The van der Waals surface area contributed by atoms with Crippen LogP contribution in [0, 0.1) is 17.5 Å². The molecule has 0 aliphatic carbocycles. The average molecular weight is 400 g/mol. The third-order valence-electron chi connectivity index (χ3n) is 4.87. The van der Waals surface area contributed by atoms with Crippen molar-refractivity contribution in [2.24, 2.45) is 14.1 Å². The molecule has 2 aromatic carbocycles. The lowest BCUT2D eigenvalue weighted by molar-refractivity contribution is 0.0833. The third-order valence-corrected chi connectivity index (χ3v) is 4.87. The minimum absolute atomic E-state index is 0.364. The fourth-order valence-corrected chi connectivity index (χ4v) is 3.54. The highest BCUT2D eigenvalue weighted by Gasteiger charge is 2.32. The molecule has 8 heteroatoms. The van der Waals surface area contributed by atoms with Crippen LogP contribution >= 0.6 is 0 Å². The molecule has 0 bridgehead atoms. The summed E-state index contributed by atoms with van der Waals surface area (Å²) in [5, 5.41) is 9.51. The average Bonchev–Trinajstić information content (AvgIpc) is 3.19. The molecule has 0 spiro atoms. The second-order valence-electron chi connectivity index (χ2n) is 7.39. The number of aryl methyl sites for hydroxylation is 1. The number of para-hydroxylation sites is 1. The maximum Gasteiger partial charge on any atom is 0.192 e. The van der Waals surface area contributed by atoms with Crippen molar-refractivity contribution in [3.63, 3.8) is 0 Å². The van der Waals surface area contributed by atoms with E-state index < -0.39 is 28.8 Å². The van der Waals surface area contributed by atoms with Crippen LogP contribution in [0.4, 0.5) is 13.2 Å². The van der Waals surface area contributed by atoms with Gasteiger partial charge >= 0.3 is 0 Å². The molecule has 5 nitrogen and oxygen atoms in total. The molecular formula is C21H19F3N4O. The molecule has 0 N–H and O–H groups in total. The molecule has 0 saturated heterocycles. The normalized spacial score (nSPS) is 12.0. The van der Waals surface area contributed by atoms with Gasteiger partial charge < -0.3 is 13.9 Å². The first-order valence-electron chi connectivity index (χ1n) is 8.97. The highest BCUT2D eigenvalue weighted by Crippen LogP contribution is 2.34. The van der Waals surface area contributed by atoms with E-state index in [9.17, 15) is 13.2 Å². The molecule has 2 aromatic heterocycles. The Morgan fingerprint density at radius 1 is 0.966 bits per heavy atom. The maximum absolute atomic E-state index is 14.1. The first kappa shape index (κ1) is 19.0. The molecule has 0 aliphatic heterocycles. The number of aromatic nitrogens is 4. The van der Waals surface area contributed by atoms with Gasteiger partial charge in [0.1, 0.15) is 5.82 Å². The zero-order valence-electron chi connectivity index (χ0n) is 16.4. The van der Waals surface area contributed by atoms with Gasteiger partial charge in [0.05, 0.1) is 0 Å². The summed E-state index contributed by atoms with van der Waals surface area (Å²) in [7, 11) is 3.70. The molecule has 0 aliphatic rings. The Morgan fingerprint density at radius 2 is 1.62 bits per heavy atom. The van der Waals surface area contributed by atoms with Crippen molar-refractivity contribution in [2.75, 3.05) is 0 Å². The predicted octanol–water partition coefficient (Wildman–Crippen LogP) is 4.71. The molecule has 0 unspecified atom stereocenters. The van der Waals surface area contributed by atoms with Crippen LogP contribution in [0.25, 0.3) is 22.3 Å². The van der Waals surface area contributed by atoms with Gasteiger partial charge in [0.2, 0.25) is 0 Å². The van der Waals surface area contributed by atoms with Crippen molar-refractivity contribution in [1.82, 2.24) is 19.3 Å². The summed E-state index contributed by atoms with van der Waals surface area (Å²) in [6, 6.07) is 9.04. The van der Waals surface area contributed by atoms with Gasteiger partial charge in [-0.3, -0.25) is 0 Å². The Balaban J connectivity index is 1.76. The summed E-state index contributed by atoms with van der Waals surface area (Å²) in [4.78, 5) is 0. The van der Waals surface area contributed by atoms with E-state index in [4.69, 9.17) is 4.74 Å². The SMILES string of the molecule is Cn1c(-c2cn(C)c3ccccc23)nnc1C(C)(C)Oc1c(F)cc(F)cc1F. The van der Waals surface area contributed by atoms with Crippen molar-refractivity contribution in [1.29, 1.82) is 0 Å². The maximum atomic E-state index is 14.1. The number of hydrogen-bond acceptors (Lipinski definition) is 3. The van der Waals surface area contributed by atoms with E-state index in [2.05, 4.69) is 10.2 Å². The van der Waals surface area contributed by atoms with E-state index in [1.54, 1.807) is 25.5 Å². The van der Waals surface area contributed by atoms with E-state index in [1.165, 1.54) is 0 Å². The van der Waals surface area contributed by atoms with E-state index in [0.29, 0.717) is 23.8 Å². The Bertz CT molecular complexity index is 1200. The van der Waals surface area contributed by atoms with E-state index >= 15 is 0 Å². The number of fused-ring (bicyclic) bond motifs is 1. The van der Waals surface area contributed by atoms with Crippen LogP contribution in [0.1, 0.15) is 19.7 Å². The molecular weight excluding hydrogens is 381 g/mol. The number of nitrogens with zero attached hydrogens (tertiary/aromatic N) is 4. The predicted molar refractivity (Wildman–Crippen MR) is 103 cm³/mol. The van der Waals surface area contributed by atoms with Crippen molar-refractivity contribution >= 4 is 10.9 Å². The molecule has 2 heterocycles. The third kappa shape index (κ3) is 3.14. The Labute approximate surface area is 165 Å². The lowest BCUT2D eigenvalue weighted by Gasteiger charge is -2.26. The van der Waals surface area contributed by atoms with E-state index in [0.717, 1.165) is 16.5 Å². The van der Waals surface area contributed by atoms with Gasteiger partial charge in [0, 0.05) is 48.9 Å². The number of benzene rings is 2. The summed E-state index contributed by atoms with van der Waals surface area (Å²) in [5.74, 6) is -2.95. The molecule has 4 aromatic rings. The minimum atomic E-state index is -1.23. The fourth-order valence-electron chi connectivity index (χ4n) is 3.54. The summed E-state index contributed by atoms with van der Waals surface area (Å²) in [6.07, 6.45) is 1.95. The Morgan fingerprint density at radius 3 is 2.31 bits per heavy atom. The van der Waals surface area contributed by atoms with E-state index in [1.807, 2.05) is 42.1 Å². The molecule has 0 atom stereocenters. The second kappa shape index (κ2) is 6.65. The number of halogens is 3. The summed E-state index contributed by atoms with van der Waals surface area (Å²) in [6.45, 7) is 3.23. The van der Waals surface area contributed by atoms with Crippen molar-refractivity contribution < 1.29 is 17.9 Å². The van der Waals surface area contributed by atoms with Crippen LogP contribution in [0.2, 0.25) is 0 Å². The summed E-state index contributed by atoms with van der Waals surface area (Å²) >= 11 is 0. The minimum Gasteiger partial charge on any atom is -0.474 e. The van der Waals surface area contributed by atoms with Crippen LogP contribution in [0.5, 0.6) is 5.75 Å². The largest absolute Gasteiger partial charge is 0.474 e. The van der Waals surface area contributed by atoms with Crippen molar-refractivity contribution in [3.8, 4) is 17.1 Å². The second-order valence-corrected chi connectivity index (χ2v) is 7.39. The Hall–Kier alpha value is -3.29. The first-order valence-corrected chi connectivity index (χ1v) is 8.97. The molecule has 0 amide bonds. The quantitative estimate of drug-likeness (QED) is 0.499. The molecule has 0 fully saturated rings. The van der Waals surface area contributed by atoms with Gasteiger partial charge in [-0.25, -0.2) is 13.2 Å². The zero-order valence-corrected chi connectivity index (χ0v) is 16.4. The van der Waals surface area contributed by atoms with Gasteiger partial charge in [0.25, 0.3) is 0 Å². The molecule has 150 valence electrons. The van der Waals surface area contributed by atoms with Gasteiger partial charge in [-0.1, -0.05) is 18.2 Å². The standard InChI is InChI=1S/C21H19F3N4O/c1-21(2,29-18-15(23)9-12(22)10-16(18)24)20-26-25-19(28(20)4)14-11-27(3)17-8-6-5-7-13(14)17/h5-11H,1-4H3. The highest BCUT2D eigenvalue weighted by atomic mass is 19.1. The molecule has 4 rings (SSSR count). The van der Waals surface area contributed by atoms with E-state index in [-0.39, 0.29) is 0 Å². The smallest absolute Gasteiger partial charge is 0.192 e. The Kier molecular flexibility index (Phi) is 4.37. The summed E-state index contributed by atoms with van der Waals surface area (Å²) < 4.78 is 50.6. The topological polar surface area (TPSA) is 44.9 Å². The van der Waals surface area contributed by atoms with Gasteiger partial charge in [-0.15, -0.1) is 10.2 Å². The fraction of sp³-hybridized carbons (Fsp3) is 0.238. The summed E-state index contributed by atoms with van der Waals surface area (Å²) in [5.41, 5.74) is 0.682. The first-order chi connectivity index (χ1) is 13.7. The molecule has 0 saturated carbocycles. The van der Waals surface area contributed by atoms with Crippen molar-refractivity contribution in [3.05, 3.63) is 65.9 Å². The van der Waals surface area contributed by atoms with Gasteiger partial charge in [-0.05, 0) is 19.9 Å². The zero-order chi connectivity index (χ0) is 20.9. The number of ether oxygens (including phenoxy) is 1. The van der Waals surface area contributed by atoms with Crippen LogP contribution in [-0.2, 0) is 19.7 Å².